The van der Waals surface area contributed by atoms with Crippen molar-refractivity contribution < 1.29 is 8.78 Å². The number of alkyl halides is 1. The maximum atomic E-state index is 15.9. The number of anilines is 1. The van der Waals surface area contributed by atoms with E-state index in [0.717, 1.165) is 25.8 Å². The van der Waals surface area contributed by atoms with E-state index in [1.165, 1.54) is 30.7 Å². The monoisotopic (exact) mass is 579 g/mol. The highest BCUT2D eigenvalue weighted by molar-refractivity contribution is 14.1. The van der Waals surface area contributed by atoms with Gasteiger partial charge in [0.2, 0.25) is 0 Å². The number of fused-ring (bicyclic) bond motifs is 3. The van der Waals surface area contributed by atoms with Crippen LogP contribution in [0.4, 0.5) is 14.6 Å². The molecule has 6 nitrogen and oxygen atoms in total. The Morgan fingerprint density at radius 3 is 2.88 bits per heavy atom. The molecule has 4 heterocycles. The fourth-order valence-corrected chi connectivity index (χ4v) is 6.71. The summed E-state index contributed by atoms with van der Waals surface area (Å²) >= 11 is 8.67. The first-order chi connectivity index (χ1) is 16.0. The van der Waals surface area contributed by atoms with Gasteiger partial charge in [-0.2, -0.15) is 4.98 Å². The lowest BCUT2D eigenvalue weighted by Gasteiger charge is -2.24. The summed E-state index contributed by atoms with van der Waals surface area (Å²) in [6.07, 6.45) is 7.71. The number of aromatic amines is 1. The number of halogens is 4. The van der Waals surface area contributed by atoms with Gasteiger partial charge < -0.3 is 9.88 Å². The van der Waals surface area contributed by atoms with Crippen molar-refractivity contribution >= 4 is 61.7 Å². The predicted octanol–water partition coefficient (Wildman–Crippen LogP) is 5.26. The third kappa shape index (κ3) is 3.30. The molecule has 1 saturated heterocycles. The molecule has 0 spiro atoms. The van der Waals surface area contributed by atoms with E-state index in [1.54, 1.807) is 0 Å². The molecule has 1 aliphatic carbocycles. The van der Waals surface area contributed by atoms with Crippen molar-refractivity contribution in [1.29, 1.82) is 0 Å². The smallest absolute Gasteiger partial charge is 0.347 e. The Labute approximate surface area is 205 Å². The SMILES string of the molecule is O=c1nc(N2CCCC[C@H]3[C@H](I)[C@H]32)c2cnc(-c3cncc4ccc(F)c(Cl)c34)c(F)c2[nH]1. The number of aromatic nitrogens is 4. The summed E-state index contributed by atoms with van der Waals surface area (Å²) in [4.78, 5) is 29.9. The maximum Gasteiger partial charge on any atom is 0.347 e. The first-order valence-electron chi connectivity index (χ1n) is 10.7. The minimum Gasteiger partial charge on any atom is -0.351 e. The summed E-state index contributed by atoms with van der Waals surface area (Å²) in [6, 6.07) is 3.06. The molecule has 10 heteroatoms. The van der Waals surface area contributed by atoms with Crippen molar-refractivity contribution in [2.45, 2.75) is 29.2 Å². The Bertz CT molecular complexity index is 1500. The van der Waals surface area contributed by atoms with E-state index >= 15 is 4.39 Å². The molecule has 0 radical (unpaired) electrons. The lowest BCUT2D eigenvalue weighted by atomic mass is 10.0. The lowest BCUT2D eigenvalue weighted by molar-refractivity contribution is 0.629. The van der Waals surface area contributed by atoms with E-state index in [0.29, 0.717) is 31.8 Å². The first-order valence-corrected chi connectivity index (χ1v) is 12.3. The predicted molar refractivity (Wildman–Crippen MR) is 132 cm³/mol. The molecule has 2 fully saturated rings. The molecule has 3 atom stereocenters. The van der Waals surface area contributed by atoms with E-state index in [9.17, 15) is 9.18 Å². The zero-order chi connectivity index (χ0) is 22.9. The van der Waals surface area contributed by atoms with Crippen LogP contribution in [0.2, 0.25) is 5.02 Å². The minimum atomic E-state index is -0.726. The van der Waals surface area contributed by atoms with Crippen molar-refractivity contribution in [2.24, 2.45) is 5.92 Å². The summed E-state index contributed by atoms with van der Waals surface area (Å²) < 4.78 is 30.5. The van der Waals surface area contributed by atoms with Crippen molar-refractivity contribution in [3.63, 3.8) is 0 Å². The highest BCUT2D eigenvalue weighted by Crippen LogP contribution is 2.49. The highest BCUT2D eigenvalue weighted by Gasteiger charge is 2.53. The van der Waals surface area contributed by atoms with Crippen molar-refractivity contribution in [3.05, 3.63) is 57.9 Å². The van der Waals surface area contributed by atoms with Gasteiger partial charge in [-0.05, 0) is 30.9 Å². The second-order valence-corrected chi connectivity index (χ2v) is 10.3. The number of hydrogen-bond donors (Lipinski definition) is 1. The Morgan fingerprint density at radius 2 is 2.03 bits per heavy atom. The van der Waals surface area contributed by atoms with Crippen LogP contribution in [-0.4, -0.2) is 36.4 Å². The summed E-state index contributed by atoms with van der Waals surface area (Å²) in [5, 5.41) is 1.18. The van der Waals surface area contributed by atoms with Gasteiger partial charge in [0.05, 0.1) is 15.9 Å². The molecule has 1 aromatic carbocycles. The molecule has 4 aromatic rings. The van der Waals surface area contributed by atoms with Gasteiger partial charge in [0.25, 0.3) is 0 Å². The molecule has 0 unspecified atom stereocenters. The zero-order valence-electron chi connectivity index (χ0n) is 17.2. The second kappa shape index (κ2) is 7.83. The van der Waals surface area contributed by atoms with Crippen LogP contribution in [-0.2, 0) is 0 Å². The molecule has 33 heavy (non-hydrogen) atoms. The molecule has 168 valence electrons. The number of nitrogens with zero attached hydrogens (tertiary/aromatic N) is 4. The van der Waals surface area contributed by atoms with E-state index in [4.69, 9.17) is 11.6 Å². The van der Waals surface area contributed by atoms with Gasteiger partial charge in [-0.1, -0.05) is 40.6 Å². The van der Waals surface area contributed by atoms with E-state index < -0.39 is 17.3 Å². The molecule has 1 N–H and O–H groups in total. The Kier molecular flexibility index (Phi) is 5.02. The van der Waals surface area contributed by atoms with E-state index in [2.05, 4.69) is 47.4 Å². The fourth-order valence-electron chi connectivity index (χ4n) is 4.97. The Balaban J connectivity index is 1.57. The van der Waals surface area contributed by atoms with Gasteiger partial charge in [-0.3, -0.25) is 9.97 Å². The van der Waals surface area contributed by atoms with Crippen LogP contribution in [0.5, 0.6) is 0 Å². The zero-order valence-corrected chi connectivity index (χ0v) is 20.1. The van der Waals surface area contributed by atoms with Crippen LogP contribution in [0.1, 0.15) is 19.3 Å². The Hall–Kier alpha value is -2.40. The van der Waals surface area contributed by atoms with Gasteiger partial charge in [0.15, 0.2) is 5.82 Å². The number of nitrogens with one attached hydrogen (secondary N) is 1. The topological polar surface area (TPSA) is 74.8 Å². The number of pyridine rings is 2. The Morgan fingerprint density at radius 1 is 1.18 bits per heavy atom. The molecule has 0 bridgehead atoms. The summed E-state index contributed by atoms with van der Waals surface area (Å²) in [5.41, 5.74) is -0.418. The average Bonchev–Trinajstić information content (AvgIpc) is 3.50. The number of hydrogen-bond acceptors (Lipinski definition) is 5. The first kappa shape index (κ1) is 21.2. The lowest BCUT2D eigenvalue weighted by Crippen LogP contribution is -2.31. The van der Waals surface area contributed by atoms with Crippen LogP contribution < -0.4 is 10.6 Å². The van der Waals surface area contributed by atoms with Gasteiger partial charge >= 0.3 is 5.69 Å². The van der Waals surface area contributed by atoms with Crippen molar-refractivity contribution in [2.75, 3.05) is 11.4 Å². The normalized spacial score (nSPS) is 22.4. The van der Waals surface area contributed by atoms with Gasteiger partial charge in [0, 0.05) is 51.4 Å². The maximum absolute atomic E-state index is 15.9. The summed E-state index contributed by atoms with van der Waals surface area (Å²) in [6.45, 7) is 0.762. The van der Waals surface area contributed by atoms with Crippen LogP contribution in [0.3, 0.4) is 0 Å². The molecular weight excluding hydrogens is 563 g/mol. The van der Waals surface area contributed by atoms with Gasteiger partial charge in [-0.15, -0.1) is 0 Å². The average molecular weight is 580 g/mol. The second-order valence-electron chi connectivity index (χ2n) is 8.51. The fraction of sp³-hybridized carbons (Fsp3) is 0.304. The van der Waals surface area contributed by atoms with Crippen LogP contribution >= 0.6 is 34.2 Å². The van der Waals surface area contributed by atoms with Crippen molar-refractivity contribution in [1.82, 2.24) is 19.9 Å². The van der Waals surface area contributed by atoms with E-state index in [-0.39, 0.29) is 27.8 Å². The van der Waals surface area contributed by atoms with Crippen LogP contribution in [0, 0.1) is 17.6 Å². The number of rotatable bonds is 2. The largest absolute Gasteiger partial charge is 0.351 e. The third-order valence-corrected chi connectivity index (χ3v) is 8.65. The minimum absolute atomic E-state index is 0.0194. The third-order valence-electron chi connectivity index (χ3n) is 6.62. The molecule has 3 aromatic heterocycles. The molecular formula is C23H17ClF2IN5O. The molecule has 1 aliphatic heterocycles. The molecule has 2 aliphatic rings. The van der Waals surface area contributed by atoms with Crippen LogP contribution in [0.25, 0.3) is 32.9 Å². The standard InChI is InChI=1S/C23H17ClF2IN5O/c24-16-14(25)5-4-10-7-28-8-12(15(10)16)19-17(26)20-13(9-29-19)22(31-23(33)30-20)32-6-2-1-3-11-18(27)21(11)32/h4-5,7-9,11,18,21H,1-3,6H2,(H,30,31,33)/t11-,18-,21-/m0/s1. The quantitative estimate of drug-likeness (QED) is 0.259. The highest BCUT2D eigenvalue weighted by atomic mass is 127. The van der Waals surface area contributed by atoms with Crippen LogP contribution in [0.15, 0.2) is 35.5 Å². The summed E-state index contributed by atoms with van der Waals surface area (Å²) in [5.74, 6) is -0.328. The molecule has 6 rings (SSSR count). The summed E-state index contributed by atoms with van der Waals surface area (Å²) in [7, 11) is 0. The number of benzene rings is 1. The van der Waals surface area contributed by atoms with E-state index in [1.807, 2.05) is 0 Å². The molecule has 0 amide bonds. The van der Waals surface area contributed by atoms with Crippen molar-refractivity contribution in [3.8, 4) is 11.3 Å². The number of H-pyrrole nitrogens is 1. The van der Waals surface area contributed by atoms with Gasteiger partial charge in [-0.25, -0.2) is 13.6 Å². The van der Waals surface area contributed by atoms with Gasteiger partial charge in [0.1, 0.15) is 17.3 Å². The molecule has 1 saturated carbocycles.